The summed E-state index contributed by atoms with van der Waals surface area (Å²) in [6, 6.07) is 4.26. The summed E-state index contributed by atoms with van der Waals surface area (Å²) in [6.07, 6.45) is 7.59. The van der Waals surface area contributed by atoms with E-state index in [0.717, 1.165) is 13.0 Å². The fraction of sp³-hybridized carbons (Fsp3) is 0.364. The highest BCUT2D eigenvalue weighted by molar-refractivity contribution is 5.82. The zero-order valence-electron chi connectivity index (χ0n) is 10.2. The number of nitrogens with zero attached hydrogens (tertiary/aromatic N) is 2. The monoisotopic (exact) mass is 274 g/mol. The molecule has 0 N–H and O–H groups in total. The molecule has 100 valence electrons. The zero-order chi connectivity index (χ0) is 13.8. The van der Waals surface area contributed by atoms with Gasteiger partial charge in [0.05, 0.1) is 0 Å². The Morgan fingerprint density at radius 3 is 2.28 bits per heavy atom. The van der Waals surface area contributed by atoms with Crippen LogP contribution in [0.4, 0.5) is 0 Å². The van der Waals surface area contributed by atoms with Crippen molar-refractivity contribution in [3.63, 3.8) is 0 Å². The number of hydrogen-bond donors (Lipinski definition) is 0. The molecule has 0 unspecified atom stereocenters. The molecule has 0 bridgehead atoms. The van der Waals surface area contributed by atoms with Crippen molar-refractivity contribution in [1.29, 1.82) is 0 Å². The number of rotatable bonds is 1. The molecule has 6 nitrogen and oxygen atoms in total. The van der Waals surface area contributed by atoms with Gasteiger partial charge in [0.1, 0.15) is 13.6 Å². The summed E-state index contributed by atoms with van der Waals surface area (Å²) < 4.78 is 38.4. The predicted molar refractivity (Wildman–Crippen MR) is 55.1 cm³/mol. The lowest BCUT2D eigenvalue weighted by molar-refractivity contribution is -2.00. The number of allylic oxidation sites excluding steroid dienone is 1. The molecule has 0 aromatic carbocycles. The molecule has 0 aliphatic carbocycles. The summed E-state index contributed by atoms with van der Waals surface area (Å²) in [5.41, 5.74) is 2.77. The van der Waals surface area contributed by atoms with Crippen molar-refractivity contribution in [1.82, 2.24) is 4.57 Å². The zero-order valence-corrected chi connectivity index (χ0v) is 11.0. The maximum Gasteiger partial charge on any atom is 0.163 e. The van der Waals surface area contributed by atoms with Gasteiger partial charge in [-0.15, -0.1) is 10.2 Å². The van der Waals surface area contributed by atoms with E-state index in [1.165, 1.54) is 11.3 Å². The second-order valence-electron chi connectivity index (χ2n) is 3.95. The molecule has 7 heteroatoms. The first-order valence-corrected chi connectivity index (χ1v) is 6.48. The van der Waals surface area contributed by atoms with Gasteiger partial charge in [-0.1, -0.05) is 0 Å². The summed E-state index contributed by atoms with van der Waals surface area (Å²) in [6.45, 7) is 1.12. The van der Waals surface area contributed by atoms with E-state index in [1.807, 2.05) is 0 Å². The van der Waals surface area contributed by atoms with Crippen LogP contribution >= 0.6 is 0 Å². The van der Waals surface area contributed by atoms with Crippen molar-refractivity contribution in [3.05, 3.63) is 30.1 Å². The first kappa shape index (κ1) is 14.9. The standard InChI is InChI=1S/C11H15N2.ClHO4/c1-12-8-5-10(6-9-12)11-4-3-7-13(11)2;2-1(3,4)5/h3-5,7-8H,6,9H2,1-2H3;(H,2,3,4,5)/q+1;/p-1. The minimum Gasteiger partial charge on any atom is -0.351 e. The smallest absolute Gasteiger partial charge is 0.163 e. The summed E-state index contributed by atoms with van der Waals surface area (Å²) >= 11 is 0. The Morgan fingerprint density at radius 1 is 1.28 bits per heavy atom. The van der Waals surface area contributed by atoms with E-state index in [0.29, 0.717) is 0 Å². The quantitative estimate of drug-likeness (QED) is 0.503. The van der Waals surface area contributed by atoms with Crippen LogP contribution < -0.4 is 18.6 Å². The summed E-state index contributed by atoms with van der Waals surface area (Å²) in [5, 5.41) is 0. The Morgan fingerprint density at radius 2 is 1.89 bits per heavy atom. The number of aromatic nitrogens is 1. The molecular weight excluding hydrogens is 260 g/mol. The van der Waals surface area contributed by atoms with Crippen LogP contribution in [0.1, 0.15) is 12.1 Å². The maximum absolute atomic E-state index is 8.49. The van der Waals surface area contributed by atoms with Crippen LogP contribution in [-0.4, -0.2) is 28.9 Å². The van der Waals surface area contributed by atoms with Gasteiger partial charge in [0, 0.05) is 31.4 Å². The van der Waals surface area contributed by atoms with Crippen molar-refractivity contribution in [3.8, 4) is 0 Å². The van der Waals surface area contributed by atoms with Gasteiger partial charge in [-0.25, -0.2) is 23.2 Å². The van der Waals surface area contributed by atoms with Crippen molar-refractivity contribution < 1.29 is 33.5 Å². The van der Waals surface area contributed by atoms with Gasteiger partial charge in [0.25, 0.3) is 0 Å². The number of hydrogen-bond acceptors (Lipinski definition) is 4. The first-order valence-electron chi connectivity index (χ1n) is 5.25. The van der Waals surface area contributed by atoms with Crippen LogP contribution in [0.2, 0.25) is 0 Å². The highest BCUT2D eigenvalue weighted by atomic mass is 35.7. The van der Waals surface area contributed by atoms with Gasteiger partial charge >= 0.3 is 0 Å². The van der Waals surface area contributed by atoms with Gasteiger partial charge in [-0.2, -0.15) is 0 Å². The summed E-state index contributed by atoms with van der Waals surface area (Å²) in [7, 11) is -0.743. The SMILES string of the molecule is Cn1cccc1C1=CC=[N+](C)CC1.[O-][Cl+3]([O-])([O-])[O-]. The average molecular weight is 275 g/mol. The Labute approximate surface area is 107 Å². The Balaban J connectivity index is 0.000000280. The lowest BCUT2D eigenvalue weighted by Crippen LogP contribution is -2.68. The fourth-order valence-corrected chi connectivity index (χ4v) is 1.68. The third kappa shape index (κ3) is 5.44. The third-order valence-corrected chi connectivity index (χ3v) is 2.54. The molecule has 1 aromatic rings. The normalized spacial score (nSPS) is 15.4. The summed E-state index contributed by atoms with van der Waals surface area (Å²) in [5.74, 6) is 0. The van der Waals surface area contributed by atoms with Gasteiger partial charge in [-0.05, 0) is 17.7 Å². The second-order valence-corrected chi connectivity index (χ2v) is 4.71. The highest BCUT2D eigenvalue weighted by Gasteiger charge is 2.11. The minimum atomic E-state index is -4.94. The number of halogens is 1. The van der Waals surface area contributed by atoms with E-state index in [2.05, 4.69) is 53.9 Å². The van der Waals surface area contributed by atoms with Crippen LogP contribution in [0.25, 0.3) is 5.57 Å². The van der Waals surface area contributed by atoms with Crippen molar-refractivity contribution in [2.24, 2.45) is 7.05 Å². The molecule has 0 radical (unpaired) electrons. The molecule has 2 heterocycles. The Bertz CT molecular complexity index is 454. The van der Waals surface area contributed by atoms with Crippen molar-refractivity contribution >= 4 is 11.8 Å². The van der Waals surface area contributed by atoms with Crippen LogP contribution in [0.3, 0.4) is 0 Å². The minimum absolute atomic E-state index is 1.12. The van der Waals surface area contributed by atoms with E-state index >= 15 is 0 Å². The molecule has 1 aliphatic rings. The third-order valence-electron chi connectivity index (χ3n) is 2.54. The van der Waals surface area contributed by atoms with E-state index in [1.54, 1.807) is 0 Å². The lowest BCUT2D eigenvalue weighted by atomic mass is 10.1. The van der Waals surface area contributed by atoms with Gasteiger partial charge in [-0.3, -0.25) is 0 Å². The fourth-order valence-electron chi connectivity index (χ4n) is 1.68. The van der Waals surface area contributed by atoms with Crippen LogP contribution in [0, 0.1) is 10.2 Å². The second kappa shape index (κ2) is 6.12. The van der Waals surface area contributed by atoms with Crippen LogP contribution in [0.5, 0.6) is 0 Å². The van der Waals surface area contributed by atoms with Crippen LogP contribution in [0.15, 0.2) is 24.4 Å². The molecule has 2 rings (SSSR count). The van der Waals surface area contributed by atoms with E-state index in [9.17, 15) is 0 Å². The molecule has 1 aromatic heterocycles. The van der Waals surface area contributed by atoms with E-state index in [4.69, 9.17) is 18.6 Å². The topological polar surface area (TPSA) is 100 Å². The molecule has 0 spiro atoms. The van der Waals surface area contributed by atoms with Gasteiger partial charge in [0.15, 0.2) is 6.21 Å². The lowest BCUT2D eigenvalue weighted by Gasteiger charge is -2.17. The van der Waals surface area contributed by atoms with E-state index < -0.39 is 10.2 Å². The highest BCUT2D eigenvalue weighted by Crippen LogP contribution is 2.18. The molecule has 0 fully saturated rings. The summed E-state index contributed by atoms with van der Waals surface area (Å²) in [4.78, 5) is 0. The van der Waals surface area contributed by atoms with E-state index in [-0.39, 0.29) is 0 Å². The molecule has 0 atom stereocenters. The first-order chi connectivity index (χ1) is 8.27. The molecular formula is C11H15ClN2O4. The van der Waals surface area contributed by atoms with Crippen molar-refractivity contribution in [2.45, 2.75) is 6.42 Å². The largest absolute Gasteiger partial charge is 0.351 e. The molecule has 1 aliphatic heterocycles. The molecule has 0 saturated carbocycles. The van der Waals surface area contributed by atoms with Gasteiger partial charge < -0.3 is 4.57 Å². The van der Waals surface area contributed by atoms with Crippen molar-refractivity contribution in [2.75, 3.05) is 13.6 Å². The Kier molecular flexibility index (Phi) is 5.06. The number of aryl methyl sites for hydroxylation is 1. The molecule has 18 heavy (non-hydrogen) atoms. The molecule has 0 amide bonds. The Hall–Kier alpha value is -1.18. The van der Waals surface area contributed by atoms with Crippen LogP contribution in [-0.2, 0) is 7.05 Å². The van der Waals surface area contributed by atoms with Gasteiger partial charge in [0.2, 0.25) is 0 Å². The maximum atomic E-state index is 8.49. The predicted octanol–water partition coefficient (Wildman–Crippen LogP) is -3.23. The average Bonchev–Trinajstić information content (AvgIpc) is 2.63. The molecule has 0 saturated heterocycles.